The molecule has 126 valence electrons. The minimum atomic E-state index is -0.103. The Bertz CT molecular complexity index is 642. The van der Waals surface area contributed by atoms with Crippen molar-refractivity contribution in [1.29, 1.82) is 0 Å². The lowest BCUT2D eigenvalue weighted by atomic mass is 10.0. The predicted molar refractivity (Wildman–Crippen MR) is 91.7 cm³/mol. The van der Waals surface area contributed by atoms with Crippen molar-refractivity contribution in [3.63, 3.8) is 0 Å². The third kappa shape index (κ3) is 4.65. The summed E-state index contributed by atoms with van der Waals surface area (Å²) < 4.78 is 5.57. The molecule has 0 aliphatic carbocycles. The first kappa shape index (κ1) is 17.7. The van der Waals surface area contributed by atoms with E-state index in [1.165, 1.54) is 11.3 Å². The van der Waals surface area contributed by atoms with E-state index in [-0.39, 0.29) is 12.5 Å². The highest BCUT2D eigenvalue weighted by Gasteiger charge is 2.18. The van der Waals surface area contributed by atoms with Gasteiger partial charge < -0.3 is 14.8 Å². The molecule has 0 aliphatic heterocycles. The molecule has 2 N–H and O–H groups in total. The number of furan rings is 1. The van der Waals surface area contributed by atoms with Gasteiger partial charge in [0.25, 0.3) is 5.91 Å². The van der Waals surface area contributed by atoms with Crippen LogP contribution in [0.3, 0.4) is 0 Å². The van der Waals surface area contributed by atoms with Gasteiger partial charge in [0, 0.05) is 13.2 Å². The van der Waals surface area contributed by atoms with Gasteiger partial charge >= 0.3 is 0 Å². The van der Waals surface area contributed by atoms with Crippen molar-refractivity contribution in [1.82, 2.24) is 10.3 Å². The normalized spacial score (nSPS) is 12.3. The number of carbonyl (C=O) groups excluding carboxylic acids is 1. The maximum absolute atomic E-state index is 12.4. The van der Waals surface area contributed by atoms with E-state index in [9.17, 15) is 4.79 Å². The van der Waals surface area contributed by atoms with E-state index in [0.29, 0.717) is 35.2 Å². The molecule has 1 unspecified atom stereocenters. The fourth-order valence-electron chi connectivity index (χ4n) is 2.52. The highest BCUT2D eigenvalue weighted by Crippen LogP contribution is 2.29. The molecule has 23 heavy (non-hydrogen) atoms. The molecule has 0 aromatic carbocycles. The van der Waals surface area contributed by atoms with Crippen molar-refractivity contribution in [3.8, 4) is 10.8 Å². The lowest BCUT2D eigenvalue weighted by molar-refractivity contribution is 0.0946. The van der Waals surface area contributed by atoms with Crippen LogP contribution >= 0.6 is 11.3 Å². The number of hydrogen-bond donors (Lipinski definition) is 2. The zero-order valence-electron chi connectivity index (χ0n) is 13.9. The Hall–Kier alpha value is -1.66. The summed E-state index contributed by atoms with van der Waals surface area (Å²) in [6.45, 7) is 6.56. The van der Waals surface area contributed by atoms with Gasteiger partial charge in [-0.15, -0.1) is 11.3 Å². The number of aliphatic hydroxyl groups excluding tert-OH is 1. The molecular formula is C17H24N2O3S. The summed E-state index contributed by atoms with van der Waals surface area (Å²) in [6, 6.07) is 3.75. The van der Waals surface area contributed by atoms with Gasteiger partial charge in [-0.25, -0.2) is 4.98 Å². The van der Waals surface area contributed by atoms with Gasteiger partial charge in [0.15, 0.2) is 10.8 Å². The molecular weight excluding hydrogens is 312 g/mol. The second-order valence-corrected chi connectivity index (χ2v) is 6.72. The smallest absolute Gasteiger partial charge is 0.263 e. The van der Waals surface area contributed by atoms with Gasteiger partial charge in [0.2, 0.25) is 0 Å². The van der Waals surface area contributed by atoms with Crippen LogP contribution in [0.4, 0.5) is 0 Å². The fraction of sp³-hybridized carbons (Fsp3) is 0.529. The van der Waals surface area contributed by atoms with Gasteiger partial charge in [-0.05, 0) is 44.7 Å². The molecule has 2 heterocycles. The van der Waals surface area contributed by atoms with Crippen molar-refractivity contribution >= 4 is 17.2 Å². The van der Waals surface area contributed by atoms with E-state index >= 15 is 0 Å². The number of hydrogen-bond acceptors (Lipinski definition) is 5. The molecule has 0 saturated heterocycles. The Balaban J connectivity index is 2.03. The number of nitrogens with one attached hydrogen (secondary N) is 1. The lowest BCUT2D eigenvalue weighted by Gasteiger charge is -2.15. The molecule has 2 rings (SSSR count). The second kappa shape index (κ2) is 8.26. The molecule has 6 heteroatoms. The number of rotatable bonds is 8. The van der Waals surface area contributed by atoms with Crippen molar-refractivity contribution in [3.05, 3.63) is 28.5 Å². The summed E-state index contributed by atoms with van der Waals surface area (Å²) in [5, 5.41) is 12.8. The summed E-state index contributed by atoms with van der Waals surface area (Å²) in [7, 11) is 0. The third-order valence-electron chi connectivity index (χ3n) is 3.74. The molecule has 0 saturated carbocycles. The maximum atomic E-state index is 12.4. The first-order valence-corrected chi connectivity index (χ1v) is 8.80. The van der Waals surface area contributed by atoms with Crippen molar-refractivity contribution < 1.29 is 14.3 Å². The molecule has 1 amide bonds. The summed E-state index contributed by atoms with van der Waals surface area (Å²) in [6.07, 6.45) is 2.76. The van der Waals surface area contributed by atoms with Crippen LogP contribution < -0.4 is 5.32 Å². The Labute approximate surface area is 140 Å². The number of carbonyl (C=O) groups is 1. The van der Waals surface area contributed by atoms with E-state index in [1.807, 2.05) is 26.0 Å². The van der Waals surface area contributed by atoms with E-state index < -0.39 is 0 Å². The third-order valence-corrected chi connectivity index (χ3v) is 4.91. The van der Waals surface area contributed by atoms with Crippen LogP contribution in [0.5, 0.6) is 0 Å². The quantitative estimate of drug-likeness (QED) is 0.773. The topological polar surface area (TPSA) is 75.4 Å². The largest absolute Gasteiger partial charge is 0.459 e. The average molecular weight is 336 g/mol. The van der Waals surface area contributed by atoms with Gasteiger partial charge in [0.1, 0.15) is 10.6 Å². The van der Waals surface area contributed by atoms with Crippen molar-refractivity contribution in [2.75, 3.05) is 13.2 Å². The molecule has 2 aromatic heterocycles. The van der Waals surface area contributed by atoms with Crippen LogP contribution in [0.25, 0.3) is 10.8 Å². The molecule has 1 atom stereocenters. The van der Waals surface area contributed by atoms with Crippen molar-refractivity contribution in [2.24, 2.45) is 5.92 Å². The molecule has 0 bridgehead atoms. The van der Waals surface area contributed by atoms with Crippen LogP contribution in [0.1, 0.15) is 47.3 Å². The van der Waals surface area contributed by atoms with Gasteiger partial charge in [-0.3, -0.25) is 4.79 Å². The number of amides is 1. The highest BCUT2D eigenvalue weighted by molar-refractivity contribution is 7.17. The van der Waals surface area contributed by atoms with Crippen LogP contribution in [0, 0.1) is 19.8 Å². The summed E-state index contributed by atoms with van der Waals surface area (Å²) in [5.74, 6) is 1.73. The minimum absolute atomic E-state index is 0.103. The maximum Gasteiger partial charge on any atom is 0.263 e. The number of aromatic nitrogens is 1. The SMILES string of the molecule is CCCC(CCO)CNC(=O)c1sc(-c2ccc(C)o2)nc1C. The van der Waals surface area contributed by atoms with Gasteiger partial charge in [-0.2, -0.15) is 0 Å². The van der Waals surface area contributed by atoms with Gasteiger partial charge in [-0.1, -0.05) is 13.3 Å². The number of aliphatic hydroxyl groups is 1. The number of aryl methyl sites for hydroxylation is 2. The highest BCUT2D eigenvalue weighted by atomic mass is 32.1. The molecule has 0 fully saturated rings. The predicted octanol–water partition coefficient (Wildman–Crippen LogP) is 3.55. The van der Waals surface area contributed by atoms with Crippen LogP contribution in [0.15, 0.2) is 16.5 Å². The van der Waals surface area contributed by atoms with Gasteiger partial charge in [0.05, 0.1) is 5.69 Å². The zero-order valence-corrected chi connectivity index (χ0v) is 14.7. The standard InChI is InChI=1S/C17H24N2O3S/c1-4-5-13(8-9-20)10-18-16(21)15-12(3)19-17(23-15)14-7-6-11(2)22-14/h6-7,13,20H,4-5,8-10H2,1-3H3,(H,18,21). The molecule has 2 aromatic rings. The van der Waals surface area contributed by atoms with Crippen LogP contribution in [0.2, 0.25) is 0 Å². The van der Waals surface area contributed by atoms with Crippen LogP contribution in [-0.4, -0.2) is 29.1 Å². The van der Waals surface area contributed by atoms with E-state index in [2.05, 4.69) is 17.2 Å². The Morgan fingerprint density at radius 2 is 2.17 bits per heavy atom. The zero-order chi connectivity index (χ0) is 16.8. The Kier molecular flexibility index (Phi) is 6.36. The average Bonchev–Trinajstić information content (AvgIpc) is 3.11. The molecule has 5 nitrogen and oxygen atoms in total. The van der Waals surface area contributed by atoms with E-state index in [0.717, 1.165) is 23.6 Å². The lowest BCUT2D eigenvalue weighted by Crippen LogP contribution is -2.29. The Morgan fingerprint density at radius 3 is 2.78 bits per heavy atom. The number of nitrogens with zero attached hydrogens (tertiary/aromatic N) is 1. The summed E-state index contributed by atoms with van der Waals surface area (Å²) in [5.41, 5.74) is 0.714. The first-order valence-electron chi connectivity index (χ1n) is 7.98. The van der Waals surface area contributed by atoms with Crippen LogP contribution in [-0.2, 0) is 0 Å². The monoisotopic (exact) mass is 336 g/mol. The number of thiazole rings is 1. The molecule has 0 spiro atoms. The minimum Gasteiger partial charge on any atom is -0.459 e. The van der Waals surface area contributed by atoms with Crippen molar-refractivity contribution in [2.45, 2.75) is 40.0 Å². The molecule has 0 radical (unpaired) electrons. The molecule has 0 aliphatic rings. The first-order chi connectivity index (χ1) is 11.0. The second-order valence-electron chi connectivity index (χ2n) is 5.72. The Morgan fingerprint density at radius 1 is 1.39 bits per heavy atom. The van der Waals surface area contributed by atoms with E-state index in [1.54, 1.807) is 0 Å². The summed E-state index contributed by atoms with van der Waals surface area (Å²) >= 11 is 1.35. The fourth-order valence-corrected chi connectivity index (χ4v) is 3.46. The van der Waals surface area contributed by atoms with E-state index in [4.69, 9.17) is 9.52 Å². The summed E-state index contributed by atoms with van der Waals surface area (Å²) in [4.78, 5) is 17.5.